The smallest absolute Gasteiger partial charge is 0.137 e. The fraction of sp³-hybridized carbons (Fsp3) is 0.750. The molecule has 82 valence electrons. The second-order valence-corrected chi connectivity index (χ2v) is 11.1. The Labute approximate surface area is 89.6 Å². The molecule has 0 rings (SSSR count). The molecule has 0 saturated heterocycles. The lowest BCUT2D eigenvalue weighted by Gasteiger charge is -2.34. The van der Waals surface area contributed by atoms with E-state index in [1.54, 1.807) is 6.08 Å². The molecular weight excluding hydrogens is 188 g/mol. The van der Waals surface area contributed by atoms with Crippen LogP contribution in [0.1, 0.15) is 34.6 Å². The van der Waals surface area contributed by atoms with Crippen LogP contribution in [0.4, 0.5) is 0 Å². The molecule has 0 radical (unpaired) electrons. The molecule has 0 atom stereocenters. The molecule has 1 nitrogen and oxygen atoms in total. The van der Waals surface area contributed by atoms with E-state index in [2.05, 4.69) is 47.7 Å². The Kier molecular flexibility index (Phi) is 4.31. The van der Waals surface area contributed by atoms with Crippen LogP contribution in [-0.4, -0.2) is 13.5 Å². The highest BCUT2D eigenvalue weighted by molar-refractivity contribution is 7.07. The lowest BCUT2D eigenvalue weighted by atomic mass is 10.2. The molecule has 0 aliphatic heterocycles. The third-order valence-electron chi connectivity index (χ3n) is 3.12. The number of carbonyl (C=O) groups is 1. The first-order chi connectivity index (χ1) is 6.09. The molecule has 0 bridgehead atoms. The zero-order chi connectivity index (χ0) is 11.6. The number of allylic oxidation sites excluding steroid dienone is 2. The monoisotopic (exact) mass is 212 g/mol. The summed E-state index contributed by atoms with van der Waals surface area (Å²) in [5.74, 6) is 0.462. The molecule has 2 heteroatoms. The minimum Gasteiger partial charge on any atom is -0.301 e. The standard InChI is InChI=1S/C12H24OSi/c1-10(2)8-9-11(13)14(6,7)12(3,4)5/h8-10H,1-7H3/b9-8+. The molecule has 0 unspecified atom stereocenters. The average Bonchev–Trinajstić information content (AvgIpc) is 1.97. The van der Waals surface area contributed by atoms with E-state index < -0.39 is 8.07 Å². The molecule has 0 aromatic heterocycles. The molecule has 0 aliphatic carbocycles. The molecule has 0 aromatic carbocycles. The molecule has 0 spiro atoms. The van der Waals surface area contributed by atoms with Crippen molar-refractivity contribution in [1.29, 1.82) is 0 Å². The molecule has 0 fully saturated rings. The predicted octanol–water partition coefficient (Wildman–Crippen LogP) is 3.82. The van der Waals surface area contributed by atoms with Crippen LogP contribution in [0.15, 0.2) is 12.2 Å². The molecule has 0 aliphatic rings. The van der Waals surface area contributed by atoms with Gasteiger partial charge in [-0.3, -0.25) is 0 Å². The van der Waals surface area contributed by atoms with Gasteiger partial charge in [-0.1, -0.05) is 53.8 Å². The third-order valence-corrected chi connectivity index (χ3v) is 8.27. The van der Waals surface area contributed by atoms with Gasteiger partial charge in [-0.2, -0.15) is 0 Å². The number of rotatable bonds is 3. The molecule has 0 N–H and O–H groups in total. The van der Waals surface area contributed by atoms with Gasteiger partial charge in [0, 0.05) is 0 Å². The summed E-state index contributed by atoms with van der Waals surface area (Å²) < 4.78 is 0. The summed E-state index contributed by atoms with van der Waals surface area (Å²) in [7, 11) is -1.80. The van der Waals surface area contributed by atoms with Gasteiger partial charge in [-0.15, -0.1) is 0 Å². The van der Waals surface area contributed by atoms with Crippen molar-refractivity contribution >= 4 is 13.5 Å². The Bertz CT molecular complexity index is 231. The summed E-state index contributed by atoms with van der Waals surface area (Å²) in [6.45, 7) is 15.0. The number of carbonyl (C=O) groups excluding carboxylic acids is 1. The highest BCUT2D eigenvalue weighted by Gasteiger charge is 2.40. The summed E-state index contributed by atoms with van der Waals surface area (Å²) >= 11 is 0. The molecule has 14 heavy (non-hydrogen) atoms. The summed E-state index contributed by atoms with van der Waals surface area (Å²) in [4.78, 5) is 12.0. The van der Waals surface area contributed by atoms with Gasteiger partial charge in [-0.25, -0.2) is 0 Å². The summed E-state index contributed by atoms with van der Waals surface area (Å²) in [5, 5.41) is 0.504. The topological polar surface area (TPSA) is 17.1 Å². The second-order valence-electron chi connectivity index (χ2n) is 5.84. The molecule has 0 aromatic rings. The van der Waals surface area contributed by atoms with Crippen molar-refractivity contribution in [2.45, 2.75) is 52.8 Å². The maximum absolute atomic E-state index is 12.0. The highest BCUT2D eigenvalue weighted by Crippen LogP contribution is 2.36. The van der Waals surface area contributed by atoms with Crippen LogP contribution in [-0.2, 0) is 4.79 Å². The largest absolute Gasteiger partial charge is 0.301 e. The molecular formula is C12H24OSi. The van der Waals surface area contributed by atoms with Gasteiger partial charge in [0.25, 0.3) is 0 Å². The van der Waals surface area contributed by atoms with Gasteiger partial charge in [0.05, 0.1) is 0 Å². The Morgan fingerprint density at radius 3 is 1.93 bits per heavy atom. The Balaban J connectivity index is 4.69. The van der Waals surface area contributed by atoms with Gasteiger partial charge in [0.1, 0.15) is 13.5 Å². The van der Waals surface area contributed by atoms with Crippen molar-refractivity contribution in [3.8, 4) is 0 Å². The fourth-order valence-corrected chi connectivity index (χ4v) is 2.11. The van der Waals surface area contributed by atoms with Crippen LogP contribution in [0.25, 0.3) is 0 Å². The van der Waals surface area contributed by atoms with E-state index in [1.165, 1.54) is 0 Å². The maximum atomic E-state index is 12.0. The van der Waals surface area contributed by atoms with E-state index in [9.17, 15) is 4.79 Å². The quantitative estimate of drug-likeness (QED) is 0.513. The Hall–Kier alpha value is -0.373. The van der Waals surface area contributed by atoms with Crippen LogP contribution in [0.3, 0.4) is 0 Å². The summed E-state index contributed by atoms with van der Waals surface area (Å²) in [6, 6.07) is 0. The zero-order valence-corrected chi connectivity index (χ0v) is 11.6. The van der Waals surface area contributed by atoms with Crippen LogP contribution in [0.2, 0.25) is 18.1 Å². The van der Waals surface area contributed by atoms with E-state index in [-0.39, 0.29) is 5.04 Å². The highest BCUT2D eigenvalue weighted by atomic mass is 28.3. The third kappa shape index (κ3) is 3.41. The lowest BCUT2D eigenvalue weighted by Crippen LogP contribution is -2.45. The van der Waals surface area contributed by atoms with E-state index in [0.717, 1.165) is 0 Å². The van der Waals surface area contributed by atoms with Gasteiger partial charge in [0.2, 0.25) is 0 Å². The van der Waals surface area contributed by atoms with Crippen molar-refractivity contribution in [3.05, 3.63) is 12.2 Å². The van der Waals surface area contributed by atoms with Crippen LogP contribution in [0, 0.1) is 5.92 Å². The SMILES string of the molecule is CC(C)/C=C/C(=O)[Si](C)(C)C(C)(C)C. The molecule has 0 saturated carbocycles. The minimum atomic E-state index is -1.80. The second kappa shape index (κ2) is 4.43. The Morgan fingerprint density at radius 1 is 1.21 bits per heavy atom. The maximum Gasteiger partial charge on any atom is 0.137 e. The van der Waals surface area contributed by atoms with Crippen molar-refractivity contribution in [1.82, 2.24) is 0 Å². The number of hydrogen-bond acceptors (Lipinski definition) is 1. The first kappa shape index (κ1) is 13.6. The summed E-state index contributed by atoms with van der Waals surface area (Å²) in [5.41, 5.74) is 0. The number of hydrogen-bond donors (Lipinski definition) is 0. The van der Waals surface area contributed by atoms with E-state index in [4.69, 9.17) is 0 Å². The van der Waals surface area contributed by atoms with Gasteiger partial charge >= 0.3 is 0 Å². The van der Waals surface area contributed by atoms with Crippen molar-refractivity contribution in [3.63, 3.8) is 0 Å². The minimum absolute atomic E-state index is 0.144. The average molecular weight is 212 g/mol. The van der Waals surface area contributed by atoms with Crippen molar-refractivity contribution in [2.75, 3.05) is 0 Å². The van der Waals surface area contributed by atoms with Gasteiger partial charge < -0.3 is 4.79 Å². The fourth-order valence-electron chi connectivity index (χ4n) is 0.858. The van der Waals surface area contributed by atoms with Gasteiger partial charge in [0.15, 0.2) is 0 Å². The van der Waals surface area contributed by atoms with E-state index in [0.29, 0.717) is 11.3 Å². The van der Waals surface area contributed by atoms with Crippen LogP contribution >= 0.6 is 0 Å². The Morgan fingerprint density at radius 2 is 1.64 bits per heavy atom. The lowest BCUT2D eigenvalue weighted by molar-refractivity contribution is -0.108. The van der Waals surface area contributed by atoms with Gasteiger partial charge in [-0.05, 0) is 17.0 Å². The predicted molar refractivity (Wildman–Crippen MR) is 66.2 cm³/mol. The van der Waals surface area contributed by atoms with E-state index in [1.807, 2.05) is 6.08 Å². The van der Waals surface area contributed by atoms with Crippen molar-refractivity contribution in [2.24, 2.45) is 5.92 Å². The van der Waals surface area contributed by atoms with E-state index >= 15 is 0 Å². The molecule has 0 heterocycles. The van der Waals surface area contributed by atoms with Crippen molar-refractivity contribution < 1.29 is 4.79 Å². The van der Waals surface area contributed by atoms with Crippen LogP contribution < -0.4 is 0 Å². The normalized spacial score (nSPS) is 14.0. The first-order valence-corrected chi connectivity index (χ1v) is 8.31. The van der Waals surface area contributed by atoms with Crippen LogP contribution in [0.5, 0.6) is 0 Å². The summed E-state index contributed by atoms with van der Waals surface area (Å²) in [6.07, 6.45) is 3.80. The molecule has 0 amide bonds. The zero-order valence-electron chi connectivity index (χ0n) is 10.6. The first-order valence-electron chi connectivity index (χ1n) is 5.31.